The Hall–Kier alpha value is -2.51. The number of aromatic amines is 1. The fourth-order valence-corrected chi connectivity index (χ4v) is 19.8. The van der Waals surface area contributed by atoms with Gasteiger partial charge in [0.25, 0.3) is 0 Å². The number of carbonyl (C=O) groups is 2. The third kappa shape index (κ3) is 7.20. The number of rotatable bonds is 13. The molecule has 0 aromatic carbocycles. The van der Waals surface area contributed by atoms with Gasteiger partial charge in [0.2, 0.25) is 5.91 Å². The number of aliphatic hydroxyl groups excluding tert-OH is 7. The van der Waals surface area contributed by atoms with Crippen LogP contribution in [0.4, 0.5) is 0 Å². The molecule has 1 amide bonds. The van der Waals surface area contributed by atoms with Crippen LogP contribution in [-0.2, 0) is 19.1 Å². The summed E-state index contributed by atoms with van der Waals surface area (Å²) in [5.74, 6) is -2.47. The van der Waals surface area contributed by atoms with Crippen LogP contribution in [0.2, 0.25) is 0 Å². The number of imidazole rings is 1. The average Bonchev–Trinajstić information content (AvgIpc) is 4.09. The van der Waals surface area contributed by atoms with Gasteiger partial charge in [-0.1, -0.05) is 65.5 Å². The molecule has 1 aromatic heterocycles. The van der Waals surface area contributed by atoms with Crippen molar-refractivity contribution in [3.63, 3.8) is 0 Å². The fourth-order valence-electron chi connectivity index (χ4n) is 19.8. The van der Waals surface area contributed by atoms with E-state index >= 15 is 0 Å². The molecule has 3 heterocycles. The predicted octanol–water partition coefficient (Wildman–Crippen LogP) is 4.15. The van der Waals surface area contributed by atoms with Crippen LogP contribution in [0, 0.1) is 79.3 Å². The van der Waals surface area contributed by atoms with Crippen LogP contribution >= 0.6 is 0 Å². The molecule has 8 fully saturated rings. The largest absolute Gasteiger partial charge is 0.481 e. The SMILES string of the molecule is C[C@]1(CO)C[C@@H]2CCC[C@H]3C[C@]2(C(=O)O)[C@@H](C1)C1=CC[C@@H]2[C@]4(C)[C@H](CC[C@@]2(C)[C@@]13C)[C@](C)([C@H](O)CO)[C@H](O[C@@H]1OC[C@@H](O)[C@H](O)[C@H]1O)[C@H](O)[C@@H]4C[C@@H]1[C@@H]([C@H](CCCN)c2cnc[nH]2)NC(=O)C12CCCC2. The third-order valence-corrected chi connectivity index (χ3v) is 23.5. The second kappa shape index (κ2) is 18.4. The highest BCUT2D eigenvalue weighted by Crippen LogP contribution is 2.80. The molecular weight excluding hydrogens is 909 g/mol. The van der Waals surface area contributed by atoms with Crippen molar-refractivity contribution in [2.24, 2.45) is 85.1 Å². The summed E-state index contributed by atoms with van der Waals surface area (Å²) >= 11 is 0. The summed E-state index contributed by atoms with van der Waals surface area (Å²) in [6, 6.07) is -0.336. The van der Waals surface area contributed by atoms with Crippen molar-refractivity contribution in [3.8, 4) is 0 Å². The number of amides is 1. The first-order chi connectivity index (χ1) is 33.7. The van der Waals surface area contributed by atoms with Crippen LogP contribution in [0.25, 0.3) is 0 Å². The number of hydrogen-bond donors (Lipinski definition) is 11. The topological polar surface area (TPSA) is 281 Å². The Kier molecular flexibility index (Phi) is 13.4. The maximum Gasteiger partial charge on any atom is 0.310 e. The Bertz CT molecular complexity index is 2170. The van der Waals surface area contributed by atoms with Crippen molar-refractivity contribution >= 4 is 11.9 Å². The molecule has 22 atom stereocenters. The Labute approximate surface area is 419 Å². The first-order valence-corrected chi connectivity index (χ1v) is 27.5. The standard InChI is InChI=1S/C55H86N4O12/c1-49(27-61)21-30-11-8-10-29-22-55(30,48(68)69)35(23-49)32-13-14-38-50(2,53(29,32)5)18-15-39-51(38,3)34(42(64)45(52(39,4)40(63)25-60)71-46-44(66)43(65)37(62)26-70-46)20-33-41(59-47(67)54(33)16-6-7-17-54)31(12-9-19-56)36-24-57-28-58-36/h13,24,28-31,33-35,37-46,60-66H,6-12,14-23,25-27,56H2,1-5H3,(H,57,58)(H,59,67)(H,68,69)/t29-,30-,31+,33+,34-,35-,37+,38-,39-,40+,41+,42+,43-,44+,45+,46-,49-,50+,51+,52+,53+,55+/m0/s1. The summed E-state index contributed by atoms with van der Waals surface area (Å²) < 4.78 is 12.7. The number of H-pyrrole nitrogens is 1. The van der Waals surface area contributed by atoms with Gasteiger partial charge in [0.1, 0.15) is 18.3 Å². The zero-order valence-electron chi connectivity index (χ0n) is 42.8. The minimum Gasteiger partial charge on any atom is -0.481 e. The Morgan fingerprint density at radius 3 is 2.32 bits per heavy atom. The zero-order valence-corrected chi connectivity index (χ0v) is 42.8. The monoisotopic (exact) mass is 995 g/mol. The number of carboxylic acid groups (broad SMARTS) is 1. The lowest BCUT2D eigenvalue weighted by Crippen LogP contribution is -2.74. The van der Waals surface area contributed by atoms with Crippen LogP contribution in [0.3, 0.4) is 0 Å². The molecule has 0 radical (unpaired) electrons. The number of allylic oxidation sites excluding steroid dienone is 2. The molecule has 2 aliphatic heterocycles. The van der Waals surface area contributed by atoms with Gasteiger partial charge in [-0.2, -0.15) is 0 Å². The molecule has 9 aliphatic rings. The molecule has 10 rings (SSSR count). The van der Waals surface area contributed by atoms with Gasteiger partial charge in [0.05, 0.1) is 48.7 Å². The minimum absolute atomic E-state index is 0.00569. The molecule has 398 valence electrons. The highest BCUT2D eigenvalue weighted by atomic mass is 16.7. The summed E-state index contributed by atoms with van der Waals surface area (Å²) in [6.45, 7) is 10.6. The maximum atomic E-state index is 14.9. The van der Waals surface area contributed by atoms with E-state index in [1.807, 2.05) is 13.1 Å². The van der Waals surface area contributed by atoms with Crippen LogP contribution < -0.4 is 11.1 Å². The number of aliphatic hydroxyl groups is 7. The van der Waals surface area contributed by atoms with E-state index in [0.29, 0.717) is 70.8 Å². The number of nitrogens with one attached hydrogen (secondary N) is 2. The van der Waals surface area contributed by atoms with Crippen LogP contribution in [0.1, 0.15) is 149 Å². The Morgan fingerprint density at radius 2 is 1.66 bits per heavy atom. The normalized spacial score (nSPS) is 49.7. The van der Waals surface area contributed by atoms with Crippen LogP contribution in [0.5, 0.6) is 0 Å². The predicted molar refractivity (Wildman–Crippen MR) is 261 cm³/mol. The van der Waals surface area contributed by atoms with Gasteiger partial charge < -0.3 is 66.4 Å². The van der Waals surface area contributed by atoms with E-state index in [0.717, 1.165) is 44.2 Å². The Morgan fingerprint density at radius 1 is 0.930 bits per heavy atom. The second-order valence-corrected chi connectivity index (χ2v) is 26.0. The summed E-state index contributed by atoms with van der Waals surface area (Å²) in [7, 11) is 0. The number of carbonyl (C=O) groups excluding carboxylic acids is 1. The molecule has 1 spiro atoms. The zero-order chi connectivity index (χ0) is 50.8. The number of aromatic nitrogens is 2. The van der Waals surface area contributed by atoms with E-state index in [2.05, 4.69) is 49.1 Å². The van der Waals surface area contributed by atoms with Crippen LogP contribution in [-0.4, -0.2) is 138 Å². The van der Waals surface area contributed by atoms with Crippen molar-refractivity contribution in [1.82, 2.24) is 15.3 Å². The molecule has 2 bridgehead atoms. The molecule has 16 nitrogen and oxygen atoms in total. The van der Waals surface area contributed by atoms with Crippen molar-refractivity contribution in [2.45, 2.75) is 192 Å². The van der Waals surface area contributed by atoms with Crippen molar-refractivity contribution in [2.75, 3.05) is 26.4 Å². The third-order valence-electron chi connectivity index (χ3n) is 23.5. The summed E-state index contributed by atoms with van der Waals surface area (Å²) in [5, 5.41) is 96.2. The molecule has 16 heteroatoms. The van der Waals surface area contributed by atoms with E-state index in [1.54, 1.807) is 6.33 Å². The smallest absolute Gasteiger partial charge is 0.310 e. The van der Waals surface area contributed by atoms with Gasteiger partial charge in [0, 0.05) is 35.9 Å². The molecule has 7 aliphatic carbocycles. The lowest BCUT2D eigenvalue weighted by molar-refractivity contribution is -0.349. The molecule has 6 saturated carbocycles. The number of carboxylic acids is 1. The minimum atomic E-state index is -1.68. The molecule has 2 saturated heterocycles. The second-order valence-electron chi connectivity index (χ2n) is 26.0. The van der Waals surface area contributed by atoms with E-state index < -0.39 is 105 Å². The Balaban J connectivity index is 1.16. The van der Waals surface area contributed by atoms with Crippen molar-refractivity contribution < 1.29 is 59.9 Å². The van der Waals surface area contributed by atoms with Crippen molar-refractivity contribution in [1.29, 1.82) is 0 Å². The number of ether oxygens (including phenoxy) is 2. The lowest BCUT2D eigenvalue weighted by Gasteiger charge is -2.75. The lowest BCUT2D eigenvalue weighted by atomic mass is 9.29. The number of nitrogens with zero attached hydrogens (tertiary/aromatic N) is 1. The number of nitrogens with two attached hydrogens (primary N) is 1. The molecule has 1 aromatic rings. The molecular formula is C55H86N4O12. The number of fused-ring (bicyclic) bond motifs is 8. The van der Waals surface area contributed by atoms with Crippen LogP contribution in [0.15, 0.2) is 24.2 Å². The van der Waals surface area contributed by atoms with Gasteiger partial charge in [-0.15, -0.1) is 0 Å². The molecule has 71 heavy (non-hydrogen) atoms. The molecule has 0 unspecified atom stereocenters. The summed E-state index contributed by atoms with van der Waals surface area (Å²) in [5.41, 5.74) is 3.18. The maximum absolute atomic E-state index is 14.9. The number of aliphatic carboxylic acids is 1. The number of hydrogen-bond acceptors (Lipinski definition) is 13. The first kappa shape index (κ1) is 52.0. The van der Waals surface area contributed by atoms with Gasteiger partial charge in [-0.3, -0.25) is 9.59 Å². The van der Waals surface area contributed by atoms with Gasteiger partial charge in [0.15, 0.2) is 6.29 Å². The first-order valence-electron chi connectivity index (χ1n) is 27.5. The van der Waals surface area contributed by atoms with E-state index in [-0.39, 0.29) is 60.7 Å². The van der Waals surface area contributed by atoms with Gasteiger partial charge in [-0.25, -0.2) is 4.98 Å². The van der Waals surface area contributed by atoms with Gasteiger partial charge >= 0.3 is 5.97 Å². The van der Waals surface area contributed by atoms with Gasteiger partial charge in [-0.05, 0) is 153 Å². The van der Waals surface area contributed by atoms with E-state index in [9.17, 15) is 50.4 Å². The van der Waals surface area contributed by atoms with E-state index in [4.69, 9.17) is 15.2 Å². The average molecular weight is 995 g/mol. The summed E-state index contributed by atoms with van der Waals surface area (Å²) in [6.07, 6.45) is 7.11. The molecule has 12 N–H and O–H groups in total. The summed E-state index contributed by atoms with van der Waals surface area (Å²) in [4.78, 5) is 36.7. The van der Waals surface area contributed by atoms with Crippen molar-refractivity contribution in [3.05, 3.63) is 29.9 Å². The van der Waals surface area contributed by atoms with E-state index in [1.165, 1.54) is 5.57 Å². The quantitative estimate of drug-likeness (QED) is 0.0979. The highest BCUT2D eigenvalue weighted by molar-refractivity contribution is 5.86. The highest BCUT2D eigenvalue weighted by Gasteiger charge is 2.77. The fraction of sp³-hybridized carbons (Fsp3) is 0.873.